The van der Waals surface area contributed by atoms with Crippen molar-refractivity contribution < 1.29 is 14.3 Å². The number of nitriles is 1. The molecule has 0 radical (unpaired) electrons. The van der Waals surface area contributed by atoms with E-state index in [1.165, 1.54) is 0 Å². The number of ether oxygens (including phenoxy) is 2. The van der Waals surface area contributed by atoms with Crippen LogP contribution in [0.25, 0.3) is 0 Å². The second-order valence-corrected chi connectivity index (χ2v) is 8.25. The number of carbonyl (C=O) groups is 1. The monoisotopic (exact) mass is 477 g/mol. The van der Waals surface area contributed by atoms with E-state index in [2.05, 4.69) is 16.0 Å². The van der Waals surface area contributed by atoms with Gasteiger partial charge in [0.05, 0.1) is 11.6 Å². The Bertz CT molecular complexity index is 1380. The summed E-state index contributed by atoms with van der Waals surface area (Å²) in [5, 5.41) is 9.45. The molecule has 0 aliphatic heterocycles. The Balaban J connectivity index is 1.74. The van der Waals surface area contributed by atoms with Crippen molar-refractivity contribution in [2.45, 2.75) is 39.9 Å². The minimum absolute atomic E-state index is 0.0645. The summed E-state index contributed by atoms with van der Waals surface area (Å²) >= 11 is 0. The molecule has 0 amide bonds. The molecule has 6 nitrogen and oxygen atoms in total. The van der Waals surface area contributed by atoms with Crippen molar-refractivity contribution in [3.05, 3.63) is 118 Å². The lowest BCUT2D eigenvalue weighted by atomic mass is 9.98. The van der Waals surface area contributed by atoms with E-state index in [1.807, 2.05) is 74.5 Å². The SMILES string of the molecule is CCc1cc(C#N)cc(C(=O)c2nc(OCc3ccccc3)nc(OCc3ccccc3)c2CC)c1. The van der Waals surface area contributed by atoms with Gasteiger partial charge < -0.3 is 9.47 Å². The average Bonchev–Trinajstić information content (AvgIpc) is 2.94. The molecule has 0 saturated carbocycles. The third-order valence-corrected chi connectivity index (χ3v) is 5.74. The molecule has 1 aromatic heterocycles. The van der Waals surface area contributed by atoms with E-state index in [1.54, 1.807) is 18.2 Å². The van der Waals surface area contributed by atoms with Gasteiger partial charge in [-0.2, -0.15) is 15.2 Å². The fourth-order valence-electron chi connectivity index (χ4n) is 3.81. The first-order chi connectivity index (χ1) is 17.6. The second kappa shape index (κ2) is 11.8. The van der Waals surface area contributed by atoms with E-state index in [0.29, 0.717) is 42.0 Å². The number of hydrogen-bond acceptors (Lipinski definition) is 6. The zero-order valence-corrected chi connectivity index (χ0v) is 20.4. The van der Waals surface area contributed by atoms with Gasteiger partial charge in [-0.05, 0) is 47.7 Å². The molecule has 0 N–H and O–H groups in total. The number of aryl methyl sites for hydroxylation is 1. The highest BCUT2D eigenvalue weighted by molar-refractivity contribution is 6.09. The molecule has 0 aliphatic carbocycles. The van der Waals surface area contributed by atoms with Crippen LogP contribution in [0.4, 0.5) is 0 Å². The van der Waals surface area contributed by atoms with Crippen LogP contribution in [0.2, 0.25) is 0 Å². The summed E-state index contributed by atoms with van der Waals surface area (Å²) in [6, 6.07) is 26.8. The standard InChI is InChI=1S/C30H27N3O3/c1-3-21-15-24(18-31)17-25(16-21)28(34)27-26(4-2)29(35-19-22-11-7-5-8-12-22)33-30(32-27)36-20-23-13-9-6-10-14-23/h5-17H,3-4,19-20H2,1-2H3. The molecule has 4 rings (SSSR count). The van der Waals surface area contributed by atoms with Crippen LogP contribution in [-0.4, -0.2) is 15.8 Å². The molecule has 4 aromatic rings. The first kappa shape index (κ1) is 24.6. The molecule has 0 bridgehead atoms. The van der Waals surface area contributed by atoms with Crippen LogP contribution in [0.1, 0.15) is 57.7 Å². The molecule has 0 atom stereocenters. The first-order valence-corrected chi connectivity index (χ1v) is 11.9. The van der Waals surface area contributed by atoms with Gasteiger partial charge in [-0.1, -0.05) is 74.5 Å². The van der Waals surface area contributed by atoms with Gasteiger partial charge in [0.1, 0.15) is 18.9 Å². The van der Waals surface area contributed by atoms with Crippen LogP contribution in [-0.2, 0) is 26.1 Å². The molecular formula is C30H27N3O3. The minimum Gasteiger partial charge on any atom is -0.472 e. The van der Waals surface area contributed by atoms with Crippen LogP contribution < -0.4 is 9.47 Å². The Hall–Kier alpha value is -4.50. The van der Waals surface area contributed by atoms with Crippen LogP contribution >= 0.6 is 0 Å². The Morgan fingerprint density at radius 2 is 1.44 bits per heavy atom. The lowest BCUT2D eigenvalue weighted by Gasteiger charge is -2.15. The van der Waals surface area contributed by atoms with Crippen molar-refractivity contribution in [3.8, 4) is 18.0 Å². The number of ketones is 1. The van der Waals surface area contributed by atoms with Crippen LogP contribution in [0.15, 0.2) is 78.9 Å². The Morgan fingerprint density at radius 1 is 0.806 bits per heavy atom. The first-order valence-electron chi connectivity index (χ1n) is 11.9. The Morgan fingerprint density at radius 3 is 2.03 bits per heavy atom. The summed E-state index contributed by atoms with van der Waals surface area (Å²) in [5.41, 5.74) is 4.50. The lowest BCUT2D eigenvalue weighted by molar-refractivity contribution is 0.103. The van der Waals surface area contributed by atoms with Crippen LogP contribution in [0.5, 0.6) is 11.9 Å². The maximum Gasteiger partial charge on any atom is 0.320 e. The highest BCUT2D eigenvalue weighted by Crippen LogP contribution is 2.27. The summed E-state index contributed by atoms with van der Waals surface area (Å²) in [4.78, 5) is 22.7. The molecule has 1 heterocycles. The molecule has 36 heavy (non-hydrogen) atoms. The molecule has 6 heteroatoms. The van der Waals surface area contributed by atoms with E-state index in [9.17, 15) is 10.1 Å². The summed E-state index contributed by atoms with van der Waals surface area (Å²) in [6.07, 6.45) is 1.19. The van der Waals surface area contributed by atoms with Crippen molar-refractivity contribution in [3.63, 3.8) is 0 Å². The van der Waals surface area contributed by atoms with E-state index in [-0.39, 0.29) is 24.1 Å². The smallest absolute Gasteiger partial charge is 0.320 e. The van der Waals surface area contributed by atoms with Crippen LogP contribution in [0.3, 0.4) is 0 Å². The third kappa shape index (κ3) is 5.94. The predicted octanol–water partition coefficient (Wildman–Crippen LogP) is 5.86. The van der Waals surface area contributed by atoms with E-state index in [4.69, 9.17) is 9.47 Å². The minimum atomic E-state index is -0.296. The maximum atomic E-state index is 13.7. The van der Waals surface area contributed by atoms with E-state index < -0.39 is 0 Å². The van der Waals surface area contributed by atoms with Gasteiger partial charge in [-0.3, -0.25) is 4.79 Å². The Labute approximate surface area is 211 Å². The van der Waals surface area contributed by atoms with Gasteiger partial charge >= 0.3 is 6.01 Å². The Kier molecular flexibility index (Phi) is 8.05. The van der Waals surface area contributed by atoms with Crippen molar-refractivity contribution in [1.29, 1.82) is 5.26 Å². The zero-order valence-electron chi connectivity index (χ0n) is 20.4. The van der Waals surface area contributed by atoms with Gasteiger partial charge in [0.15, 0.2) is 0 Å². The van der Waals surface area contributed by atoms with Gasteiger partial charge in [-0.25, -0.2) is 0 Å². The summed E-state index contributed by atoms with van der Waals surface area (Å²) in [7, 11) is 0. The summed E-state index contributed by atoms with van der Waals surface area (Å²) in [5.74, 6) is 0.0186. The highest BCUT2D eigenvalue weighted by atomic mass is 16.5. The van der Waals surface area contributed by atoms with Crippen molar-refractivity contribution in [1.82, 2.24) is 9.97 Å². The van der Waals surface area contributed by atoms with Gasteiger partial charge in [0.2, 0.25) is 11.7 Å². The van der Waals surface area contributed by atoms with E-state index in [0.717, 1.165) is 16.7 Å². The van der Waals surface area contributed by atoms with Gasteiger partial charge in [-0.15, -0.1) is 0 Å². The quantitative estimate of drug-likeness (QED) is 0.266. The van der Waals surface area contributed by atoms with Crippen molar-refractivity contribution >= 4 is 5.78 Å². The molecule has 3 aromatic carbocycles. The fourth-order valence-corrected chi connectivity index (χ4v) is 3.81. The number of rotatable bonds is 10. The molecule has 0 spiro atoms. The summed E-state index contributed by atoms with van der Waals surface area (Å²) < 4.78 is 12.0. The molecular weight excluding hydrogens is 450 g/mol. The molecule has 0 fully saturated rings. The fraction of sp³-hybridized carbons (Fsp3) is 0.200. The van der Waals surface area contributed by atoms with Gasteiger partial charge in [0.25, 0.3) is 0 Å². The molecule has 180 valence electrons. The number of aromatic nitrogens is 2. The second-order valence-electron chi connectivity index (χ2n) is 8.25. The maximum absolute atomic E-state index is 13.7. The van der Waals surface area contributed by atoms with E-state index >= 15 is 0 Å². The number of carbonyl (C=O) groups excluding carboxylic acids is 1. The predicted molar refractivity (Wildman–Crippen MR) is 137 cm³/mol. The zero-order chi connectivity index (χ0) is 25.3. The molecule has 0 aliphatic rings. The highest BCUT2D eigenvalue weighted by Gasteiger charge is 2.23. The van der Waals surface area contributed by atoms with Crippen LogP contribution in [0, 0.1) is 11.3 Å². The summed E-state index contributed by atoms with van der Waals surface area (Å²) in [6.45, 7) is 4.46. The number of nitrogens with zero attached hydrogens (tertiary/aromatic N) is 3. The normalized spacial score (nSPS) is 10.5. The molecule has 0 unspecified atom stereocenters. The average molecular weight is 478 g/mol. The molecule has 0 saturated heterocycles. The lowest BCUT2D eigenvalue weighted by Crippen LogP contribution is -2.14. The number of hydrogen-bond donors (Lipinski definition) is 0. The van der Waals surface area contributed by atoms with Crippen molar-refractivity contribution in [2.24, 2.45) is 0 Å². The topological polar surface area (TPSA) is 85.1 Å². The van der Waals surface area contributed by atoms with Crippen molar-refractivity contribution in [2.75, 3.05) is 0 Å². The van der Waals surface area contributed by atoms with Gasteiger partial charge in [0, 0.05) is 11.1 Å². The largest absolute Gasteiger partial charge is 0.472 e. The number of benzene rings is 3. The third-order valence-electron chi connectivity index (χ3n) is 5.74.